The van der Waals surface area contributed by atoms with E-state index in [9.17, 15) is 9.59 Å². The molecule has 6 nitrogen and oxygen atoms in total. The number of hydrogen-bond donors (Lipinski definition) is 2. The van der Waals surface area contributed by atoms with Gasteiger partial charge in [-0.05, 0) is 49.2 Å². The van der Waals surface area contributed by atoms with Crippen molar-refractivity contribution in [3.8, 4) is 0 Å². The van der Waals surface area contributed by atoms with Gasteiger partial charge in [0.25, 0.3) is 5.91 Å². The topological polar surface area (TPSA) is 57.1 Å². The molecule has 2 aromatic carbocycles. The number of carbonyl (C=O) groups excluding carboxylic acids is 2. The first-order valence-electron chi connectivity index (χ1n) is 10.3. The Kier molecular flexibility index (Phi) is 7.34. The number of nitrogens with zero attached hydrogens (tertiary/aromatic N) is 2. The van der Waals surface area contributed by atoms with Crippen LogP contribution in [0, 0.1) is 13.8 Å². The Hall–Kier alpha value is -2.57. The lowest BCUT2D eigenvalue weighted by molar-refractivity contribution is -0.892. The molecule has 0 aliphatic carbocycles. The molecule has 0 radical (unpaired) electrons. The van der Waals surface area contributed by atoms with Crippen molar-refractivity contribution in [3.63, 3.8) is 0 Å². The lowest BCUT2D eigenvalue weighted by Gasteiger charge is -2.34. The first-order chi connectivity index (χ1) is 14.3. The van der Waals surface area contributed by atoms with Gasteiger partial charge in [0.1, 0.15) is 0 Å². The first-order valence-corrected chi connectivity index (χ1v) is 10.6. The standard InChI is InChI=1S/C23H29ClN4O2/c1-17-7-8-18(2)21(13-17)25-22(29)15-26(3)23(30)16-27-9-11-28(12-10-27)20-6-4-5-19(24)14-20/h4-8,13-14H,9-12,15-16H2,1-3H3,(H,25,29)/p+1. The van der Waals surface area contributed by atoms with Crippen molar-refractivity contribution in [2.24, 2.45) is 0 Å². The molecule has 30 heavy (non-hydrogen) atoms. The lowest BCUT2D eigenvalue weighted by atomic mass is 10.1. The van der Waals surface area contributed by atoms with Gasteiger partial charge in [0.15, 0.2) is 6.54 Å². The van der Waals surface area contributed by atoms with Gasteiger partial charge in [0.2, 0.25) is 5.91 Å². The summed E-state index contributed by atoms with van der Waals surface area (Å²) in [7, 11) is 1.69. The molecule has 0 spiro atoms. The molecule has 1 aliphatic rings. The molecular weight excluding hydrogens is 400 g/mol. The number of halogens is 1. The van der Waals surface area contributed by atoms with Crippen LogP contribution in [0.2, 0.25) is 5.02 Å². The molecule has 1 aliphatic heterocycles. The number of aryl methyl sites for hydroxylation is 2. The number of hydrogen-bond acceptors (Lipinski definition) is 3. The van der Waals surface area contributed by atoms with E-state index in [4.69, 9.17) is 11.6 Å². The minimum absolute atomic E-state index is 0.0164. The fourth-order valence-corrected chi connectivity index (χ4v) is 3.83. The third-order valence-corrected chi connectivity index (χ3v) is 5.75. The maximum Gasteiger partial charge on any atom is 0.277 e. The summed E-state index contributed by atoms with van der Waals surface area (Å²) >= 11 is 6.09. The predicted octanol–water partition coefficient (Wildman–Crippen LogP) is 1.76. The van der Waals surface area contributed by atoms with Crippen LogP contribution in [0.3, 0.4) is 0 Å². The zero-order valence-electron chi connectivity index (χ0n) is 17.9. The molecule has 1 heterocycles. The molecule has 0 bridgehead atoms. The summed E-state index contributed by atoms with van der Waals surface area (Å²) in [4.78, 5) is 30.0. The average molecular weight is 430 g/mol. The molecule has 0 unspecified atom stereocenters. The van der Waals surface area contributed by atoms with Gasteiger partial charge in [0.05, 0.1) is 32.7 Å². The van der Waals surface area contributed by atoms with Gasteiger partial charge in [-0.2, -0.15) is 0 Å². The second-order valence-electron chi connectivity index (χ2n) is 8.01. The van der Waals surface area contributed by atoms with Crippen molar-refractivity contribution >= 4 is 34.8 Å². The zero-order chi connectivity index (χ0) is 21.7. The smallest absolute Gasteiger partial charge is 0.277 e. The van der Waals surface area contributed by atoms with Crippen LogP contribution in [0.15, 0.2) is 42.5 Å². The number of piperazine rings is 1. The third-order valence-electron chi connectivity index (χ3n) is 5.52. The van der Waals surface area contributed by atoms with Crippen molar-refractivity contribution in [1.82, 2.24) is 4.90 Å². The van der Waals surface area contributed by atoms with E-state index in [1.54, 1.807) is 7.05 Å². The van der Waals surface area contributed by atoms with Crippen molar-refractivity contribution in [1.29, 1.82) is 0 Å². The molecule has 1 saturated heterocycles. The quantitative estimate of drug-likeness (QED) is 0.735. The van der Waals surface area contributed by atoms with Crippen molar-refractivity contribution in [3.05, 3.63) is 58.6 Å². The van der Waals surface area contributed by atoms with E-state index in [1.807, 2.05) is 50.2 Å². The average Bonchev–Trinajstić information content (AvgIpc) is 2.71. The first kappa shape index (κ1) is 22.1. The highest BCUT2D eigenvalue weighted by atomic mass is 35.5. The molecule has 2 aromatic rings. The molecule has 160 valence electrons. The highest BCUT2D eigenvalue weighted by Crippen LogP contribution is 2.19. The van der Waals surface area contributed by atoms with Crippen LogP contribution in [0.1, 0.15) is 11.1 Å². The predicted molar refractivity (Wildman–Crippen MR) is 121 cm³/mol. The molecule has 1 fully saturated rings. The number of amides is 2. The Morgan fingerprint density at radius 3 is 2.57 bits per heavy atom. The van der Waals surface area contributed by atoms with E-state index in [0.29, 0.717) is 6.54 Å². The zero-order valence-corrected chi connectivity index (χ0v) is 18.6. The van der Waals surface area contributed by atoms with Crippen LogP contribution in [0.25, 0.3) is 0 Å². The number of rotatable bonds is 6. The van der Waals surface area contributed by atoms with Crippen LogP contribution >= 0.6 is 11.6 Å². The van der Waals surface area contributed by atoms with E-state index < -0.39 is 0 Å². The van der Waals surface area contributed by atoms with E-state index in [2.05, 4.69) is 16.3 Å². The number of carbonyl (C=O) groups is 2. The van der Waals surface area contributed by atoms with Gasteiger partial charge < -0.3 is 20.0 Å². The summed E-state index contributed by atoms with van der Waals surface area (Å²) in [5, 5.41) is 3.65. The summed E-state index contributed by atoms with van der Waals surface area (Å²) in [6.07, 6.45) is 0. The Labute approximate surface area is 183 Å². The minimum atomic E-state index is -0.180. The van der Waals surface area contributed by atoms with Crippen LogP contribution in [0.4, 0.5) is 11.4 Å². The SMILES string of the molecule is Cc1ccc(C)c(NC(=O)CN(C)C(=O)C[NH+]2CCN(c3cccc(Cl)c3)CC2)c1. The van der Waals surface area contributed by atoms with Gasteiger partial charge in [-0.3, -0.25) is 9.59 Å². The molecule has 2 amide bonds. The van der Waals surface area contributed by atoms with Crippen LogP contribution in [0.5, 0.6) is 0 Å². The normalized spacial score (nSPS) is 14.5. The maximum absolute atomic E-state index is 12.6. The summed E-state index contributed by atoms with van der Waals surface area (Å²) < 4.78 is 0. The Morgan fingerprint density at radius 2 is 1.87 bits per heavy atom. The van der Waals surface area contributed by atoms with Gasteiger partial charge >= 0.3 is 0 Å². The Morgan fingerprint density at radius 1 is 1.13 bits per heavy atom. The summed E-state index contributed by atoms with van der Waals surface area (Å²) in [6, 6.07) is 13.8. The van der Waals surface area contributed by atoms with E-state index in [-0.39, 0.29) is 18.4 Å². The molecule has 0 atom stereocenters. The lowest BCUT2D eigenvalue weighted by Crippen LogP contribution is -3.15. The Bertz CT molecular complexity index is 910. The Balaban J connectivity index is 1.45. The molecule has 0 aromatic heterocycles. The number of quaternary nitrogens is 1. The number of nitrogens with one attached hydrogen (secondary N) is 2. The monoisotopic (exact) mass is 429 g/mol. The van der Waals surface area contributed by atoms with Gasteiger partial charge in [-0.1, -0.05) is 29.8 Å². The second kappa shape index (κ2) is 9.96. The fourth-order valence-electron chi connectivity index (χ4n) is 3.64. The minimum Gasteiger partial charge on any atom is -0.360 e. The largest absolute Gasteiger partial charge is 0.360 e. The van der Waals surface area contributed by atoms with E-state index >= 15 is 0 Å². The summed E-state index contributed by atoms with van der Waals surface area (Å²) in [5.74, 6) is -0.197. The summed E-state index contributed by atoms with van der Waals surface area (Å²) in [5.41, 5.74) is 4.00. The van der Waals surface area contributed by atoms with Crippen LogP contribution in [-0.4, -0.2) is 63.0 Å². The van der Waals surface area contributed by atoms with Crippen molar-refractivity contribution < 1.29 is 14.5 Å². The van der Waals surface area contributed by atoms with Crippen LogP contribution < -0.4 is 15.1 Å². The van der Waals surface area contributed by atoms with Gasteiger partial charge in [-0.25, -0.2) is 0 Å². The van der Waals surface area contributed by atoms with Gasteiger partial charge in [0, 0.05) is 23.4 Å². The van der Waals surface area contributed by atoms with Gasteiger partial charge in [-0.15, -0.1) is 0 Å². The third kappa shape index (κ3) is 5.97. The summed E-state index contributed by atoms with van der Waals surface area (Å²) in [6.45, 7) is 7.89. The highest BCUT2D eigenvalue weighted by Gasteiger charge is 2.24. The van der Waals surface area contributed by atoms with E-state index in [1.165, 1.54) is 9.80 Å². The molecule has 0 saturated carbocycles. The van der Waals surface area contributed by atoms with Crippen molar-refractivity contribution in [2.45, 2.75) is 13.8 Å². The molecule has 2 N–H and O–H groups in total. The highest BCUT2D eigenvalue weighted by molar-refractivity contribution is 6.30. The number of anilines is 2. The molecular formula is C23H30ClN4O2+. The van der Waals surface area contributed by atoms with E-state index in [0.717, 1.165) is 53.7 Å². The van der Waals surface area contributed by atoms with Crippen LogP contribution in [-0.2, 0) is 9.59 Å². The molecule has 7 heteroatoms. The van der Waals surface area contributed by atoms with Crippen molar-refractivity contribution in [2.75, 3.05) is 56.5 Å². The maximum atomic E-state index is 12.6. The number of likely N-dealkylation sites (N-methyl/N-ethyl adjacent to an activating group) is 1. The fraction of sp³-hybridized carbons (Fsp3) is 0.391. The molecule has 3 rings (SSSR count). The second-order valence-corrected chi connectivity index (χ2v) is 8.45. The number of benzene rings is 2.